The lowest BCUT2D eigenvalue weighted by molar-refractivity contribution is -0.914. The molecule has 0 heterocycles. The van der Waals surface area contributed by atoms with Gasteiger partial charge >= 0.3 is 0 Å². The van der Waals surface area contributed by atoms with Crippen molar-refractivity contribution < 1.29 is 4.48 Å². The van der Waals surface area contributed by atoms with E-state index in [2.05, 4.69) is 26.5 Å². The van der Waals surface area contributed by atoms with E-state index in [9.17, 15) is 0 Å². The average molecular weight is 203 g/mol. The molecule has 0 unspecified atom stereocenters. The number of halogens is 1. The van der Waals surface area contributed by atoms with E-state index in [1.54, 1.807) is 0 Å². The average Bonchev–Trinajstić information content (AvgIpc) is 2.12. The molecule has 0 fully saturated rings. The standard InChI is InChI=1S/C11H21ClN/c1-5-9-13(6-2,7-3)10-8-11(4)12/h5,8H,1,6-7,9-10H2,2-4H3/q+1. The maximum atomic E-state index is 5.82. The smallest absolute Gasteiger partial charge is 0.0990 e. The molecule has 1 nitrogen and oxygen atoms in total. The zero-order chi connectivity index (χ0) is 10.3. The molecule has 0 aliphatic rings. The summed E-state index contributed by atoms with van der Waals surface area (Å²) in [6.45, 7) is 14.4. The van der Waals surface area contributed by atoms with E-state index >= 15 is 0 Å². The van der Waals surface area contributed by atoms with Crippen molar-refractivity contribution in [2.75, 3.05) is 26.2 Å². The van der Waals surface area contributed by atoms with Crippen molar-refractivity contribution in [3.63, 3.8) is 0 Å². The summed E-state index contributed by atoms with van der Waals surface area (Å²) in [6.07, 6.45) is 4.09. The largest absolute Gasteiger partial charge is 0.318 e. The molecular weight excluding hydrogens is 182 g/mol. The highest BCUT2D eigenvalue weighted by atomic mass is 35.5. The summed E-state index contributed by atoms with van der Waals surface area (Å²) >= 11 is 5.82. The predicted molar refractivity (Wildman–Crippen MR) is 60.9 cm³/mol. The molecule has 0 bridgehead atoms. The predicted octanol–water partition coefficient (Wildman–Crippen LogP) is 3.17. The highest BCUT2D eigenvalue weighted by molar-refractivity contribution is 6.29. The van der Waals surface area contributed by atoms with Crippen LogP contribution in [0.3, 0.4) is 0 Å². The molecule has 0 aromatic rings. The van der Waals surface area contributed by atoms with E-state index in [0.717, 1.165) is 35.7 Å². The second-order valence-electron chi connectivity index (χ2n) is 3.42. The van der Waals surface area contributed by atoms with Crippen molar-refractivity contribution in [1.82, 2.24) is 0 Å². The Bertz CT molecular complexity index is 177. The molecular formula is C11H21ClN+. The fraction of sp³-hybridized carbons (Fsp3) is 0.636. The van der Waals surface area contributed by atoms with Gasteiger partial charge in [0.25, 0.3) is 0 Å². The summed E-state index contributed by atoms with van der Waals surface area (Å²) in [5.41, 5.74) is 0. The van der Waals surface area contributed by atoms with Gasteiger partial charge in [-0.15, -0.1) is 0 Å². The molecule has 2 heteroatoms. The van der Waals surface area contributed by atoms with Gasteiger partial charge in [-0.25, -0.2) is 0 Å². The van der Waals surface area contributed by atoms with Gasteiger partial charge in [0.05, 0.1) is 26.2 Å². The first-order chi connectivity index (χ1) is 6.10. The highest BCUT2D eigenvalue weighted by Crippen LogP contribution is 2.09. The first-order valence-electron chi connectivity index (χ1n) is 4.88. The van der Waals surface area contributed by atoms with Gasteiger partial charge < -0.3 is 4.48 Å². The quantitative estimate of drug-likeness (QED) is 0.459. The Morgan fingerprint density at radius 3 is 2.15 bits per heavy atom. The molecule has 0 saturated carbocycles. The lowest BCUT2D eigenvalue weighted by Crippen LogP contribution is -2.47. The van der Waals surface area contributed by atoms with Gasteiger partial charge in [0.1, 0.15) is 0 Å². The number of likely N-dealkylation sites (N-methyl/N-ethyl adjacent to an activating group) is 1. The van der Waals surface area contributed by atoms with Crippen LogP contribution in [0.5, 0.6) is 0 Å². The molecule has 0 N–H and O–H groups in total. The van der Waals surface area contributed by atoms with Crippen LogP contribution in [-0.2, 0) is 0 Å². The molecule has 0 amide bonds. The Morgan fingerprint density at radius 1 is 1.31 bits per heavy atom. The van der Waals surface area contributed by atoms with Gasteiger partial charge in [-0.1, -0.05) is 18.2 Å². The zero-order valence-electron chi connectivity index (χ0n) is 9.02. The van der Waals surface area contributed by atoms with Crippen molar-refractivity contribution >= 4 is 11.6 Å². The van der Waals surface area contributed by atoms with Crippen LogP contribution in [0.1, 0.15) is 20.8 Å². The Hall–Kier alpha value is -0.270. The lowest BCUT2D eigenvalue weighted by Gasteiger charge is -2.34. The van der Waals surface area contributed by atoms with E-state index in [0.29, 0.717) is 0 Å². The third kappa shape index (κ3) is 4.49. The zero-order valence-corrected chi connectivity index (χ0v) is 9.77. The second-order valence-corrected chi connectivity index (χ2v) is 4.01. The summed E-state index contributed by atoms with van der Waals surface area (Å²) in [5.74, 6) is 0. The van der Waals surface area contributed by atoms with E-state index in [1.807, 2.05) is 13.0 Å². The van der Waals surface area contributed by atoms with E-state index in [1.165, 1.54) is 0 Å². The SMILES string of the molecule is C=CC[N+](CC)(CC)CC=C(C)Cl. The number of quaternary nitrogens is 1. The minimum absolute atomic E-state index is 0.883. The third-order valence-electron chi connectivity index (χ3n) is 2.62. The summed E-state index contributed by atoms with van der Waals surface area (Å²) in [7, 11) is 0. The minimum Gasteiger partial charge on any atom is -0.318 e. The topological polar surface area (TPSA) is 0 Å². The summed E-state index contributed by atoms with van der Waals surface area (Å²) in [5, 5.41) is 0.883. The van der Waals surface area contributed by atoms with E-state index < -0.39 is 0 Å². The van der Waals surface area contributed by atoms with Crippen molar-refractivity contribution in [1.29, 1.82) is 0 Å². The van der Waals surface area contributed by atoms with Crippen LogP contribution in [0.25, 0.3) is 0 Å². The van der Waals surface area contributed by atoms with E-state index in [-0.39, 0.29) is 0 Å². The van der Waals surface area contributed by atoms with Gasteiger partial charge in [0.15, 0.2) is 0 Å². The van der Waals surface area contributed by atoms with Crippen molar-refractivity contribution in [2.24, 2.45) is 0 Å². The summed E-state index contributed by atoms with van der Waals surface area (Å²) in [6, 6.07) is 0. The molecule has 0 aromatic carbocycles. The van der Waals surface area contributed by atoms with Gasteiger partial charge in [-0.3, -0.25) is 0 Å². The molecule has 0 rings (SSSR count). The molecule has 0 aliphatic heterocycles. The molecule has 0 saturated heterocycles. The molecule has 13 heavy (non-hydrogen) atoms. The molecule has 76 valence electrons. The van der Waals surface area contributed by atoms with Crippen LogP contribution in [0.15, 0.2) is 23.8 Å². The van der Waals surface area contributed by atoms with Crippen LogP contribution in [0.2, 0.25) is 0 Å². The number of allylic oxidation sites excluding steroid dienone is 1. The number of rotatable bonds is 6. The van der Waals surface area contributed by atoms with Gasteiger partial charge in [0, 0.05) is 5.03 Å². The van der Waals surface area contributed by atoms with Crippen molar-refractivity contribution in [3.05, 3.63) is 23.8 Å². The normalized spacial score (nSPS) is 13.1. The molecule has 0 aromatic heterocycles. The lowest BCUT2D eigenvalue weighted by atomic mass is 10.3. The second kappa shape index (κ2) is 6.22. The third-order valence-corrected chi connectivity index (χ3v) is 2.77. The first-order valence-corrected chi connectivity index (χ1v) is 5.26. The maximum Gasteiger partial charge on any atom is 0.0990 e. The minimum atomic E-state index is 0.883. The molecule has 0 atom stereocenters. The highest BCUT2D eigenvalue weighted by Gasteiger charge is 2.19. The summed E-state index contributed by atoms with van der Waals surface area (Å²) < 4.78 is 1.05. The van der Waals surface area contributed by atoms with Crippen molar-refractivity contribution in [3.8, 4) is 0 Å². The number of nitrogens with zero attached hydrogens (tertiary/aromatic N) is 1. The van der Waals surface area contributed by atoms with Crippen LogP contribution in [0.4, 0.5) is 0 Å². The van der Waals surface area contributed by atoms with Crippen LogP contribution in [0, 0.1) is 0 Å². The Labute approximate surface area is 87.3 Å². The molecule has 0 spiro atoms. The van der Waals surface area contributed by atoms with Crippen LogP contribution in [-0.4, -0.2) is 30.7 Å². The first kappa shape index (κ1) is 12.7. The van der Waals surface area contributed by atoms with Crippen LogP contribution < -0.4 is 0 Å². The van der Waals surface area contributed by atoms with Crippen molar-refractivity contribution in [2.45, 2.75) is 20.8 Å². The Kier molecular flexibility index (Phi) is 6.10. The molecule has 0 radical (unpaired) electrons. The van der Waals surface area contributed by atoms with Gasteiger partial charge in [0.2, 0.25) is 0 Å². The number of hydrogen-bond acceptors (Lipinski definition) is 0. The fourth-order valence-corrected chi connectivity index (χ4v) is 1.48. The number of hydrogen-bond donors (Lipinski definition) is 0. The Morgan fingerprint density at radius 2 is 1.85 bits per heavy atom. The van der Waals surface area contributed by atoms with E-state index in [4.69, 9.17) is 11.6 Å². The maximum absolute atomic E-state index is 5.82. The van der Waals surface area contributed by atoms with Gasteiger partial charge in [-0.05, 0) is 32.9 Å². The van der Waals surface area contributed by atoms with Crippen LogP contribution >= 0.6 is 11.6 Å². The summed E-state index contributed by atoms with van der Waals surface area (Å²) in [4.78, 5) is 0. The molecule has 0 aliphatic carbocycles. The monoisotopic (exact) mass is 202 g/mol. The fourth-order valence-electron chi connectivity index (χ4n) is 1.41. The Balaban J connectivity index is 4.37. The van der Waals surface area contributed by atoms with Gasteiger partial charge in [-0.2, -0.15) is 0 Å².